The molecule has 0 saturated heterocycles. The summed E-state index contributed by atoms with van der Waals surface area (Å²) in [5.41, 5.74) is 1.74. The van der Waals surface area contributed by atoms with Crippen molar-refractivity contribution >= 4 is 29.2 Å². The molecular weight excluding hydrogens is 450 g/mol. The van der Waals surface area contributed by atoms with Crippen LogP contribution in [0.3, 0.4) is 0 Å². The van der Waals surface area contributed by atoms with E-state index in [1.54, 1.807) is 34.1 Å². The third kappa shape index (κ3) is 7.96. The molecule has 0 atom stereocenters. The SMILES string of the molecule is Cc1ccc(CN(CCc2ccccc2)C(=O)CN(CC(C)C)C(=O)Nc2cccc(Cl)c2)o1. The van der Waals surface area contributed by atoms with Gasteiger partial charge >= 0.3 is 6.03 Å². The van der Waals surface area contributed by atoms with Crippen LogP contribution >= 0.6 is 11.6 Å². The van der Waals surface area contributed by atoms with E-state index in [-0.39, 0.29) is 24.4 Å². The van der Waals surface area contributed by atoms with Crippen molar-refractivity contribution in [2.24, 2.45) is 5.92 Å². The largest absolute Gasteiger partial charge is 0.464 e. The number of nitrogens with one attached hydrogen (secondary N) is 1. The van der Waals surface area contributed by atoms with Crippen LogP contribution in [0, 0.1) is 12.8 Å². The predicted molar refractivity (Wildman–Crippen MR) is 136 cm³/mol. The number of anilines is 1. The van der Waals surface area contributed by atoms with Crippen molar-refractivity contribution in [3.63, 3.8) is 0 Å². The Morgan fingerprint density at radius 3 is 2.41 bits per heavy atom. The lowest BCUT2D eigenvalue weighted by Crippen LogP contribution is -2.46. The van der Waals surface area contributed by atoms with E-state index in [2.05, 4.69) is 5.32 Å². The molecule has 1 aromatic heterocycles. The summed E-state index contributed by atoms with van der Waals surface area (Å²) in [6, 6.07) is 20.4. The third-order valence-corrected chi connectivity index (χ3v) is 5.52. The van der Waals surface area contributed by atoms with Gasteiger partial charge in [-0.25, -0.2) is 4.79 Å². The van der Waals surface area contributed by atoms with Gasteiger partial charge in [0.05, 0.1) is 6.54 Å². The molecule has 1 heterocycles. The van der Waals surface area contributed by atoms with Crippen LogP contribution in [0.5, 0.6) is 0 Å². The van der Waals surface area contributed by atoms with Crippen LogP contribution in [0.2, 0.25) is 5.02 Å². The van der Waals surface area contributed by atoms with Gasteiger partial charge < -0.3 is 19.5 Å². The van der Waals surface area contributed by atoms with Crippen LogP contribution in [0.25, 0.3) is 0 Å². The second-order valence-corrected chi connectivity index (χ2v) is 9.21. The molecule has 0 aliphatic heterocycles. The molecule has 0 unspecified atom stereocenters. The van der Waals surface area contributed by atoms with Crippen LogP contribution in [0.4, 0.5) is 10.5 Å². The molecule has 0 saturated carbocycles. The highest BCUT2D eigenvalue weighted by atomic mass is 35.5. The van der Waals surface area contributed by atoms with Crippen LogP contribution in [-0.4, -0.2) is 41.4 Å². The van der Waals surface area contributed by atoms with Crippen molar-refractivity contribution in [1.82, 2.24) is 9.80 Å². The Morgan fingerprint density at radius 2 is 1.76 bits per heavy atom. The zero-order valence-electron chi connectivity index (χ0n) is 20.0. The molecule has 2 aromatic carbocycles. The van der Waals surface area contributed by atoms with E-state index in [1.165, 1.54) is 0 Å². The molecule has 0 bridgehead atoms. The molecular formula is C27H32ClN3O3. The van der Waals surface area contributed by atoms with Gasteiger partial charge in [-0.2, -0.15) is 0 Å². The van der Waals surface area contributed by atoms with Gasteiger partial charge in [-0.3, -0.25) is 4.79 Å². The van der Waals surface area contributed by atoms with E-state index >= 15 is 0 Å². The quantitative estimate of drug-likeness (QED) is 0.386. The molecule has 0 spiro atoms. The molecule has 0 aliphatic rings. The number of rotatable bonds is 10. The average Bonchev–Trinajstić information content (AvgIpc) is 3.21. The lowest BCUT2D eigenvalue weighted by molar-refractivity contribution is -0.132. The first-order valence-corrected chi connectivity index (χ1v) is 11.9. The van der Waals surface area contributed by atoms with Gasteiger partial charge in [-0.05, 0) is 55.2 Å². The first-order valence-electron chi connectivity index (χ1n) is 11.5. The predicted octanol–water partition coefficient (Wildman–Crippen LogP) is 6.00. The van der Waals surface area contributed by atoms with Crippen LogP contribution in [0.1, 0.15) is 30.9 Å². The van der Waals surface area contributed by atoms with Gasteiger partial charge in [0.2, 0.25) is 5.91 Å². The Morgan fingerprint density at radius 1 is 1.00 bits per heavy atom. The monoisotopic (exact) mass is 481 g/mol. The van der Waals surface area contributed by atoms with Crippen molar-refractivity contribution in [3.05, 3.63) is 88.8 Å². The lowest BCUT2D eigenvalue weighted by Gasteiger charge is -2.28. The number of carbonyl (C=O) groups is 2. The van der Waals surface area contributed by atoms with Gasteiger partial charge in [0.15, 0.2) is 0 Å². The molecule has 1 N–H and O–H groups in total. The number of carbonyl (C=O) groups excluding carboxylic acids is 2. The second kappa shape index (κ2) is 12.3. The molecule has 0 radical (unpaired) electrons. The van der Waals surface area contributed by atoms with Gasteiger partial charge in [-0.1, -0.05) is 61.8 Å². The maximum atomic E-state index is 13.4. The summed E-state index contributed by atoms with van der Waals surface area (Å²) in [4.78, 5) is 29.8. The Labute approximate surface area is 206 Å². The van der Waals surface area contributed by atoms with E-state index in [0.717, 1.165) is 17.1 Å². The van der Waals surface area contributed by atoms with Gasteiger partial charge in [0.1, 0.15) is 18.1 Å². The fraction of sp³-hybridized carbons (Fsp3) is 0.333. The number of furan rings is 1. The maximum Gasteiger partial charge on any atom is 0.322 e. The smallest absolute Gasteiger partial charge is 0.322 e. The molecule has 0 aliphatic carbocycles. The van der Waals surface area contributed by atoms with E-state index in [9.17, 15) is 9.59 Å². The summed E-state index contributed by atoms with van der Waals surface area (Å²) in [5.74, 6) is 1.58. The summed E-state index contributed by atoms with van der Waals surface area (Å²) < 4.78 is 5.72. The Bertz CT molecular complexity index is 1080. The van der Waals surface area contributed by atoms with Gasteiger partial charge in [0, 0.05) is 23.8 Å². The molecule has 7 heteroatoms. The summed E-state index contributed by atoms with van der Waals surface area (Å²) in [7, 11) is 0. The Hall–Kier alpha value is -3.25. The van der Waals surface area contributed by atoms with Crippen LogP contribution in [0.15, 0.2) is 71.1 Å². The number of hydrogen-bond donors (Lipinski definition) is 1. The standard InChI is InChI=1S/C27H32ClN3O3/c1-20(2)17-31(27(33)29-24-11-7-10-23(28)16-24)19-26(32)30(18-25-13-12-21(3)34-25)15-14-22-8-5-4-6-9-22/h4-13,16,20H,14-15,17-19H2,1-3H3,(H,29,33). The Balaban J connectivity index is 1.73. The van der Waals surface area contributed by atoms with E-state index in [1.807, 2.05) is 63.2 Å². The highest BCUT2D eigenvalue weighted by Gasteiger charge is 2.23. The molecule has 3 amide bonds. The fourth-order valence-corrected chi connectivity index (χ4v) is 3.84. The number of urea groups is 1. The highest BCUT2D eigenvalue weighted by molar-refractivity contribution is 6.30. The van der Waals surface area contributed by atoms with Crippen LogP contribution < -0.4 is 5.32 Å². The zero-order valence-corrected chi connectivity index (χ0v) is 20.7. The van der Waals surface area contributed by atoms with Crippen molar-refractivity contribution < 1.29 is 14.0 Å². The minimum atomic E-state index is -0.332. The van der Waals surface area contributed by atoms with E-state index in [0.29, 0.717) is 36.8 Å². The number of aryl methyl sites for hydroxylation is 1. The molecule has 180 valence electrons. The number of hydrogen-bond acceptors (Lipinski definition) is 3. The Kier molecular flexibility index (Phi) is 9.16. The first-order chi connectivity index (χ1) is 16.3. The van der Waals surface area contributed by atoms with Gasteiger partial charge in [0.25, 0.3) is 0 Å². The number of amides is 3. The highest BCUT2D eigenvalue weighted by Crippen LogP contribution is 2.16. The molecule has 0 fully saturated rings. The fourth-order valence-electron chi connectivity index (χ4n) is 3.65. The molecule has 3 rings (SSSR count). The van der Waals surface area contributed by atoms with Gasteiger partial charge in [-0.15, -0.1) is 0 Å². The van der Waals surface area contributed by atoms with Crippen molar-refractivity contribution in [2.45, 2.75) is 33.7 Å². The normalized spacial score (nSPS) is 10.9. The minimum Gasteiger partial charge on any atom is -0.464 e. The van der Waals surface area contributed by atoms with Crippen molar-refractivity contribution in [3.8, 4) is 0 Å². The summed E-state index contributed by atoms with van der Waals surface area (Å²) in [6.45, 7) is 7.21. The van der Waals surface area contributed by atoms with Crippen molar-refractivity contribution in [1.29, 1.82) is 0 Å². The summed E-state index contributed by atoms with van der Waals surface area (Å²) >= 11 is 6.05. The minimum absolute atomic E-state index is 0.0287. The second-order valence-electron chi connectivity index (χ2n) is 8.78. The summed E-state index contributed by atoms with van der Waals surface area (Å²) in [5, 5.41) is 3.39. The maximum absolute atomic E-state index is 13.4. The lowest BCUT2D eigenvalue weighted by atomic mass is 10.1. The van der Waals surface area contributed by atoms with Crippen LogP contribution in [-0.2, 0) is 17.8 Å². The number of nitrogens with zero attached hydrogens (tertiary/aromatic N) is 2. The summed E-state index contributed by atoms with van der Waals surface area (Å²) in [6.07, 6.45) is 0.713. The number of halogens is 1. The average molecular weight is 482 g/mol. The topological polar surface area (TPSA) is 65.8 Å². The zero-order chi connectivity index (χ0) is 24.5. The van der Waals surface area contributed by atoms with E-state index in [4.69, 9.17) is 16.0 Å². The third-order valence-electron chi connectivity index (χ3n) is 5.28. The molecule has 34 heavy (non-hydrogen) atoms. The molecule has 3 aromatic rings. The van der Waals surface area contributed by atoms with E-state index < -0.39 is 0 Å². The first kappa shape index (κ1) is 25.4. The number of benzene rings is 2. The van der Waals surface area contributed by atoms with Crippen molar-refractivity contribution in [2.75, 3.05) is 25.0 Å². The molecule has 6 nitrogen and oxygen atoms in total.